The Hall–Kier alpha value is -1.49. The lowest BCUT2D eigenvalue weighted by atomic mass is 10.0. The van der Waals surface area contributed by atoms with Gasteiger partial charge < -0.3 is 14.8 Å². The predicted molar refractivity (Wildman–Crippen MR) is 94.0 cm³/mol. The number of benzene rings is 2. The van der Waals surface area contributed by atoms with Crippen LogP contribution in [0.15, 0.2) is 36.4 Å². The van der Waals surface area contributed by atoms with E-state index in [0.717, 1.165) is 25.9 Å². The Labute approximate surface area is 150 Å². The van der Waals surface area contributed by atoms with E-state index in [9.17, 15) is 4.39 Å². The van der Waals surface area contributed by atoms with Gasteiger partial charge in [0.15, 0.2) is 23.1 Å². The molecule has 0 amide bonds. The largest absolute Gasteiger partial charge is 0.489 e. The Kier molecular flexibility index (Phi) is 5.82. The molecule has 0 aromatic heterocycles. The molecule has 1 atom stereocenters. The van der Waals surface area contributed by atoms with Gasteiger partial charge in [-0.25, -0.2) is 4.39 Å². The Balaban J connectivity index is 1.74. The average molecular weight is 370 g/mol. The SMILES string of the molecule is Fc1cc(Cl)ccc1Oc1cc(Cl)ccc1OCC1CCCNC1. The number of ether oxygens (including phenoxy) is 2. The molecule has 6 heteroatoms. The number of halogens is 3. The lowest BCUT2D eigenvalue weighted by Gasteiger charge is -2.23. The van der Waals surface area contributed by atoms with Crippen molar-refractivity contribution in [1.29, 1.82) is 0 Å². The molecule has 3 rings (SSSR count). The summed E-state index contributed by atoms with van der Waals surface area (Å²) >= 11 is 11.8. The number of hydrogen-bond donors (Lipinski definition) is 1. The molecule has 24 heavy (non-hydrogen) atoms. The molecule has 1 saturated heterocycles. The molecule has 1 N–H and O–H groups in total. The summed E-state index contributed by atoms with van der Waals surface area (Å²) in [5.74, 6) is 0.914. The molecule has 0 radical (unpaired) electrons. The van der Waals surface area contributed by atoms with Crippen LogP contribution in [0.2, 0.25) is 10.0 Å². The van der Waals surface area contributed by atoms with Gasteiger partial charge in [-0.2, -0.15) is 0 Å². The van der Waals surface area contributed by atoms with E-state index in [1.165, 1.54) is 12.1 Å². The van der Waals surface area contributed by atoms with E-state index in [1.807, 2.05) is 0 Å². The molecule has 3 nitrogen and oxygen atoms in total. The average Bonchev–Trinajstić information content (AvgIpc) is 2.57. The van der Waals surface area contributed by atoms with Crippen LogP contribution in [0.25, 0.3) is 0 Å². The quantitative estimate of drug-likeness (QED) is 0.775. The first kappa shape index (κ1) is 17.3. The van der Waals surface area contributed by atoms with Crippen LogP contribution in [0.3, 0.4) is 0 Å². The van der Waals surface area contributed by atoms with Gasteiger partial charge in [0.25, 0.3) is 0 Å². The highest BCUT2D eigenvalue weighted by Gasteiger charge is 2.16. The van der Waals surface area contributed by atoms with Crippen LogP contribution in [0, 0.1) is 11.7 Å². The van der Waals surface area contributed by atoms with Crippen molar-refractivity contribution in [1.82, 2.24) is 5.32 Å². The number of hydrogen-bond acceptors (Lipinski definition) is 3. The third-order valence-electron chi connectivity index (χ3n) is 3.89. The summed E-state index contributed by atoms with van der Waals surface area (Å²) in [4.78, 5) is 0. The van der Waals surface area contributed by atoms with E-state index < -0.39 is 5.82 Å². The predicted octanol–water partition coefficient (Wildman–Crippen LogP) is 5.30. The fraction of sp³-hybridized carbons (Fsp3) is 0.333. The highest BCUT2D eigenvalue weighted by molar-refractivity contribution is 6.31. The molecule has 0 bridgehead atoms. The summed E-state index contributed by atoms with van der Waals surface area (Å²) in [6, 6.07) is 9.33. The molecule has 128 valence electrons. The molecule has 1 fully saturated rings. The summed E-state index contributed by atoms with van der Waals surface area (Å²) in [5.41, 5.74) is 0. The van der Waals surface area contributed by atoms with Crippen LogP contribution in [0.4, 0.5) is 4.39 Å². The zero-order chi connectivity index (χ0) is 16.9. The van der Waals surface area contributed by atoms with Crippen LogP contribution < -0.4 is 14.8 Å². The van der Waals surface area contributed by atoms with Gasteiger partial charge in [0.05, 0.1) is 6.61 Å². The summed E-state index contributed by atoms with van der Waals surface area (Å²) in [7, 11) is 0. The van der Waals surface area contributed by atoms with Crippen molar-refractivity contribution in [3.05, 3.63) is 52.3 Å². The lowest BCUT2D eigenvalue weighted by Crippen LogP contribution is -2.33. The van der Waals surface area contributed by atoms with Gasteiger partial charge in [-0.15, -0.1) is 0 Å². The molecule has 1 aliphatic heterocycles. The van der Waals surface area contributed by atoms with E-state index >= 15 is 0 Å². The maximum Gasteiger partial charge on any atom is 0.170 e. The van der Waals surface area contributed by atoms with E-state index in [1.54, 1.807) is 24.3 Å². The van der Waals surface area contributed by atoms with E-state index in [4.69, 9.17) is 32.7 Å². The second-order valence-electron chi connectivity index (χ2n) is 5.79. The van der Waals surface area contributed by atoms with Crippen molar-refractivity contribution in [2.24, 2.45) is 5.92 Å². The third-order valence-corrected chi connectivity index (χ3v) is 4.36. The van der Waals surface area contributed by atoms with Crippen LogP contribution in [-0.2, 0) is 0 Å². The van der Waals surface area contributed by atoms with Crippen molar-refractivity contribution in [3.63, 3.8) is 0 Å². The van der Waals surface area contributed by atoms with Gasteiger partial charge in [0, 0.05) is 28.6 Å². The van der Waals surface area contributed by atoms with Crippen LogP contribution >= 0.6 is 23.2 Å². The van der Waals surface area contributed by atoms with Gasteiger partial charge in [-0.3, -0.25) is 0 Å². The zero-order valence-corrected chi connectivity index (χ0v) is 14.5. The molecule has 1 heterocycles. The Morgan fingerprint density at radius 3 is 2.50 bits per heavy atom. The first-order chi connectivity index (χ1) is 11.6. The summed E-state index contributed by atoms with van der Waals surface area (Å²) < 4.78 is 25.5. The zero-order valence-electron chi connectivity index (χ0n) is 13.0. The van der Waals surface area contributed by atoms with Crippen LogP contribution in [-0.4, -0.2) is 19.7 Å². The standard InChI is InChI=1S/C18H18Cl2FNO2/c19-13-3-5-16(15(21)8-13)24-18-9-14(20)4-6-17(18)23-11-12-2-1-7-22-10-12/h3-6,8-9,12,22H,1-2,7,10-11H2. The van der Waals surface area contributed by atoms with E-state index in [0.29, 0.717) is 34.1 Å². The highest BCUT2D eigenvalue weighted by atomic mass is 35.5. The summed E-state index contributed by atoms with van der Waals surface area (Å²) in [6.07, 6.45) is 2.27. The minimum absolute atomic E-state index is 0.0749. The van der Waals surface area contributed by atoms with Crippen molar-refractivity contribution in [2.75, 3.05) is 19.7 Å². The highest BCUT2D eigenvalue weighted by Crippen LogP contribution is 2.36. The van der Waals surface area contributed by atoms with Crippen molar-refractivity contribution in [2.45, 2.75) is 12.8 Å². The minimum Gasteiger partial charge on any atom is -0.489 e. The molecule has 0 aliphatic carbocycles. The van der Waals surface area contributed by atoms with Gasteiger partial charge >= 0.3 is 0 Å². The molecule has 0 spiro atoms. The first-order valence-corrected chi connectivity index (χ1v) is 8.63. The van der Waals surface area contributed by atoms with E-state index in [2.05, 4.69) is 5.32 Å². The molecule has 1 aliphatic rings. The lowest BCUT2D eigenvalue weighted by molar-refractivity contribution is 0.213. The van der Waals surface area contributed by atoms with E-state index in [-0.39, 0.29) is 5.75 Å². The van der Waals surface area contributed by atoms with Crippen molar-refractivity contribution < 1.29 is 13.9 Å². The number of piperidine rings is 1. The summed E-state index contributed by atoms with van der Waals surface area (Å²) in [6.45, 7) is 2.57. The van der Waals surface area contributed by atoms with Gasteiger partial charge in [-0.05, 0) is 49.7 Å². The minimum atomic E-state index is -0.537. The maximum absolute atomic E-state index is 14.0. The number of nitrogens with one attached hydrogen (secondary N) is 1. The molecular weight excluding hydrogens is 352 g/mol. The Morgan fingerprint density at radius 2 is 1.79 bits per heavy atom. The maximum atomic E-state index is 14.0. The Bertz CT molecular complexity index is 705. The monoisotopic (exact) mass is 369 g/mol. The van der Waals surface area contributed by atoms with Crippen LogP contribution in [0.5, 0.6) is 17.2 Å². The normalized spacial score (nSPS) is 17.5. The topological polar surface area (TPSA) is 30.5 Å². The van der Waals surface area contributed by atoms with Crippen LogP contribution in [0.1, 0.15) is 12.8 Å². The second kappa shape index (κ2) is 8.06. The van der Waals surface area contributed by atoms with Gasteiger partial charge in [-0.1, -0.05) is 23.2 Å². The van der Waals surface area contributed by atoms with Gasteiger partial charge in [0.1, 0.15) is 0 Å². The smallest absolute Gasteiger partial charge is 0.170 e. The fourth-order valence-electron chi connectivity index (χ4n) is 2.63. The second-order valence-corrected chi connectivity index (χ2v) is 6.66. The Morgan fingerprint density at radius 1 is 1.04 bits per heavy atom. The molecule has 2 aromatic rings. The van der Waals surface area contributed by atoms with Crippen molar-refractivity contribution >= 4 is 23.2 Å². The molecular formula is C18H18Cl2FNO2. The molecule has 2 aromatic carbocycles. The first-order valence-electron chi connectivity index (χ1n) is 7.88. The van der Waals surface area contributed by atoms with Crippen molar-refractivity contribution in [3.8, 4) is 17.2 Å². The van der Waals surface area contributed by atoms with Gasteiger partial charge in [0.2, 0.25) is 0 Å². The summed E-state index contributed by atoms with van der Waals surface area (Å²) in [5, 5.41) is 4.16. The molecule has 0 saturated carbocycles. The number of rotatable bonds is 5. The fourth-order valence-corrected chi connectivity index (χ4v) is 2.95. The molecule has 1 unspecified atom stereocenters. The third kappa shape index (κ3) is 4.53.